The topological polar surface area (TPSA) is 85.2 Å². The van der Waals surface area contributed by atoms with Gasteiger partial charge in [-0.25, -0.2) is 9.97 Å². The maximum Gasteiger partial charge on any atom is 0.257 e. The zero-order chi connectivity index (χ0) is 15.3. The van der Waals surface area contributed by atoms with Gasteiger partial charge in [-0.2, -0.15) is 0 Å². The van der Waals surface area contributed by atoms with Gasteiger partial charge < -0.3 is 15.1 Å². The molecule has 1 aliphatic heterocycles. The second-order valence-electron chi connectivity index (χ2n) is 5.31. The smallest absolute Gasteiger partial charge is 0.257 e. The summed E-state index contributed by atoms with van der Waals surface area (Å²) in [6.45, 7) is 3.05. The van der Waals surface area contributed by atoms with Crippen molar-refractivity contribution in [2.75, 3.05) is 12.3 Å². The third-order valence-corrected chi connectivity index (χ3v) is 5.17. The van der Waals surface area contributed by atoms with Gasteiger partial charge in [0.05, 0.1) is 23.8 Å². The molecule has 0 saturated heterocycles. The highest BCUT2D eigenvalue weighted by atomic mass is 32.1. The van der Waals surface area contributed by atoms with Crippen LogP contribution in [0.4, 0.5) is 5.82 Å². The highest BCUT2D eigenvalue weighted by molar-refractivity contribution is 7.19. The summed E-state index contributed by atoms with van der Waals surface area (Å²) in [7, 11) is 0. The van der Waals surface area contributed by atoms with E-state index in [9.17, 15) is 4.79 Å². The summed E-state index contributed by atoms with van der Waals surface area (Å²) >= 11 is 1.59. The van der Waals surface area contributed by atoms with Crippen LogP contribution in [0.25, 0.3) is 10.2 Å². The molecule has 0 atom stereocenters. The molecule has 1 aliphatic rings. The van der Waals surface area contributed by atoms with Gasteiger partial charge in [-0.15, -0.1) is 11.3 Å². The first-order valence-electron chi connectivity index (χ1n) is 6.99. The number of hydrogen-bond donors (Lipinski definition) is 1. The first kappa shape index (κ1) is 13.3. The number of nitrogens with zero attached hydrogens (tertiary/aromatic N) is 3. The summed E-state index contributed by atoms with van der Waals surface area (Å²) < 4.78 is 5.23. The number of carbonyl (C=O) groups is 1. The Morgan fingerprint density at radius 3 is 3.09 bits per heavy atom. The molecule has 0 fully saturated rings. The van der Waals surface area contributed by atoms with Crippen LogP contribution < -0.4 is 5.73 Å². The molecular weight excluding hydrogens is 300 g/mol. The van der Waals surface area contributed by atoms with Crippen molar-refractivity contribution in [3.05, 3.63) is 40.4 Å². The van der Waals surface area contributed by atoms with Crippen molar-refractivity contribution in [3.8, 4) is 0 Å². The van der Waals surface area contributed by atoms with Gasteiger partial charge in [-0.1, -0.05) is 0 Å². The largest absolute Gasteiger partial charge is 0.469 e. The molecule has 0 aromatic carbocycles. The van der Waals surface area contributed by atoms with Crippen molar-refractivity contribution < 1.29 is 9.21 Å². The quantitative estimate of drug-likeness (QED) is 0.745. The molecule has 0 unspecified atom stereocenters. The molecule has 7 heteroatoms. The molecule has 4 rings (SSSR count). The Labute approximate surface area is 130 Å². The molecule has 3 aromatic heterocycles. The Bertz CT molecular complexity index is 883. The Hall–Kier alpha value is -2.41. The molecule has 6 nitrogen and oxygen atoms in total. The van der Waals surface area contributed by atoms with Gasteiger partial charge in [0.25, 0.3) is 5.91 Å². The van der Waals surface area contributed by atoms with Gasteiger partial charge in [0.1, 0.15) is 22.7 Å². The van der Waals surface area contributed by atoms with Crippen molar-refractivity contribution in [1.82, 2.24) is 14.9 Å². The molecule has 0 saturated carbocycles. The van der Waals surface area contributed by atoms with Gasteiger partial charge in [0.15, 0.2) is 0 Å². The number of fused-ring (bicyclic) bond motifs is 3. The normalized spacial score (nSPS) is 14.3. The Morgan fingerprint density at radius 2 is 2.32 bits per heavy atom. The predicted molar refractivity (Wildman–Crippen MR) is 83.7 cm³/mol. The van der Waals surface area contributed by atoms with Crippen LogP contribution in [-0.4, -0.2) is 27.3 Å². The van der Waals surface area contributed by atoms with E-state index >= 15 is 0 Å². The summed E-state index contributed by atoms with van der Waals surface area (Å²) in [6.07, 6.45) is 3.81. The van der Waals surface area contributed by atoms with Gasteiger partial charge in [-0.3, -0.25) is 4.79 Å². The third-order valence-electron chi connectivity index (χ3n) is 4.04. The molecule has 0 spiro atoms. The molecular formula is C15H14N4O2S. The van der Waals surface area contributed by atoms with Crippen molar-refractivity contribution in [2.24, 2.45) is 0 Å². The number of aromatic nitrogens is 2. The van der Waals surface area contributed by atoms with Crippen LogP contribution in [0.3, 0.4) is 0 Å². The summed E-state index contributed by atoms with van der Waals surface area (Å²) in [5, 5.41) is 0.953. The summed E-state index contributed by atoms with van der Waals surface area (Å²) in [5.74, 6) is 1.18. The van der Waals surface area contributed by atoms with Crippen LogP contribution in [0.1, 0.15) is 26.6 Å². The van der Waals surface area contributed by atoms with E-state index in [1.54, 1.807) is 30.6 Å². The van der Waals surface area contributed by atoms with Crippen LogP contribution in [0.5, 0.6) is 0 Å². The minimum atomic E-state index is 0.00779. The Morgan fingerprint density at radius 1 is 1.45 bits per heavy atom. The fraction of sp³-hybridized carbons (Fsp3) is 0.267. The van der Waals surface area contributed by atoms with Crippen molar-refractivity contribution in [3.63, 3.8) is 0 Å². The van der Waals surface area contributed by atoms with Crippen LogP contribution >= 0.6 is 11.3 Å². The highest BCUT2D eigenvalue weighted by Gasteiger charge is 2.27. The fourth-order valence-electron chi connectivity index (χ4n) is 2.90. The molecule has 3 aromatic rings. The highest BCUT2D eigenvalue weighted by Crippen LogP contribution is 2.36. The van der Waals surface area contributed by atoms with E-state index in [1.165, 1.54) is 11.9 Å². The monoisotopic (exact) mass is 314 g/mol. The number of thiophene rings is 1. The van der Waals surface area contributed by atoms with E-state index in [-0.39, 0.29) is 5.91 Å². The number of nitrogen functional groups attached to an aromatic ring is 1. The molecule has 22 heavy (non-hydrogen) atoms. The second-order valence-corrected chi connectivity index (χ2v) is 6.39. The lowest BCUT2D eigenvalue weighted by Gasteiger charge is -2.26. The minimum absolute atomic E-state index is 0.00779. The van der Waals surface area contributed by atoms with E-state index in [2.05, 4.69) is 9.97 Å². The van der Waals surface area contributed by atoms with Gasteiger partial charge >= 0.3 is 0 Å². The van der Waals surface area contributed by atoms with Crippen LogP contribution in [-0.2, 0) is 13.0 Å². The zero-order valence-electron chi connectivity index (χ0n) is 12.0. The zero-order valence-corrected chi connectivity index (χ0v) is 12.8. The maximum absolute atomic E-state index is 12.6. The van der Waals surface area contributed by atoms with E-state index < -0.39 is 0 Å². The summed E-state index contributed by atoms with van der Waals surface area (Å²) in [6, 6.07) is 1.72. The third kappa shape index (κ3) is 1.89. The number of nitrogens with two attached hydrogens (primary N) is 1. The van der Waals surface area contributed by atoms with E-state index in [0.29, 0.717) is 30.2 Å². The predicted octanol–water partition coefficient (Wildman–Crippen LogP) is 2.37. The summed E-state index contributed by atoms with van der Waals surface area (Å²) in [4.78, 5) is 24.8. The molecule has 2 N–H and O–H groups in total. The van der Waals surface area contributed by atoms with Crippen molar-refractivity contribution in [2.45, 2.75) is 19.9 Å². The molecule has 0 aliphatic carbocycles. The molecule has 0 bridgehead atoms. The van der Waals surface area contributed by atoms with E-state index in [1.807, 2.05) is 4.90 Å². The van der Waals surface area contributed by atoms with Crippen LogP contribution in [0.2, 0.25) is 0 Å². The SMILES string of the molecule is Cc1occc1C(=O)N1CCc2c(sc3ncnc(N)c23)C1. The maximum atomic E-state index is 12.6. The van der Waals surface area contributed by atoms with Crippen LogP contribution in [0.15, 0.2) is 23.1 Å². The molecule has 0 radical (unpaired) electrons. The van der Waals surface area contributed by atoms with E-state index in [0.717, 1.165) is 21.5 Å². The number of rotatable bonds is 1. The minimum Gasteiger partial charge on any atom is -0.469 e. The molecule has 4 heterocycles. The van der Waals surface area contributed by atoms with Crippen molar-refractivity contribution in [1.29, 1.82) is 0 Å². The Balaban J connectivity index is 1.70. The lowest BCUT2D eigenvalue weighted by atomic mass is 10.0. The van der Waals surface area contributed by atoms with E-state index in [4.69, 9.17) is 10.2 Å². The van der Waals surface area contributed by atoms with Gasteiger partial charge in [0.2, 0.25) is 0 Å². The first-order valence-corrected chi connectivity index (χ1v) is 7.81. The standard InChI is InChI=1S/C15H14N4O2S/c1-8-9(3-5-21-8)15(20)19-4-2-10-11(6-19)22-14-12(10)13(16)17-7-18-14/h3,5,7H,2,4,6H2,1H3,(H2,16,17,18). The van der Waals surface area contributed by atoms with Gasteiger partial charge in [-0.05, 0) is 25.0 Å². The molecule has 112 valence electrons. The molecule has 1 amide bonds. The van der Waals surface area contributed by atoms with Gasteiger partial charge in [0, 0.05) is 11.4 Å². The summed E-state index contributed by atoms with van der Waals surface area (Å²) in [5.41, 5.74) is 7.79. The number of anilines is 1. The second kappa shape index (κ2) is 4.81. The number of carbonyl (C=O) groups excluding carboxylic acids is 1. The average molecular weight is 314 g/mol. The number of hydrogen-bond acceptors (Lipinski definition) is 6. The van der Waals surface area contributed by atoms with Crippen molar-refractivity contribution >= 4 is 33.3 Å². The average Bonchev–Trinajstić information content (AvgIpc) is 3.09. The number of furan rings is 1. The Kier molecular flexibility index (Phi) is 2.90. The van der Waals surface area contributed by atoms with Crippen LogP contribution in [0, 0.1) is 6.92 Å². The number of aryl methyl sites for hydroxylation is 1. The fourth-order valence-corrected chi connectivity index (χ4v) is 4.11. The first-order chi connectivity index (χ1) is 10.6. The number of amides is 1. The lowest BCUT2D eigenvalue weighted by Crippen LogP contribution is -2.35. The lowest BCUT2D eigenvalue weighted by molar-refractivity contribution is 0.0735.